The van der Waals surface area contributed by atoms with Crippen molar-refractivity contribution in [2.45, 2.75) is 20.4 Å². The average molecular weight is 280 g/mol. The van der Waals surface area contributed by atoms with Crippen molar-refractivity contribution in [3.05, 3.63) is 46.8 Å². The van der Waals surface area contributed by atoms with E-state index in [9.17, 15) is 13.6 Å². The predicted octanol–water partition coefficient (Wildman–Crippen LogP) is 2.63. The highest BCUT2D eigenvalue weighted by Gasteiger charge is 2.10. The Morgan fingerprint density at radius 1 is 1.25 bits per heavy atom. The maximum Gasteiger partial charge on any atom is 0.319 e. The first-order chi connectivity index (χ1) is 9.45. The minimum atomic E-state index is -0.677. The van der Waals surface area contributed by atoms with Crippen molar-refractivity contribution in [3.63, 3.8) is 0 Å². The standard InChI is InChI=1S/C13H14F2N4O/c1-7-12(8(2)19-18-7)17-13(20)16-6-9-3-10(14)5-11(15)4-9/h3-5H,6H2,1-2H3,(H,18,19)(H2,16,17,20). The molecule has 0 saturated heterocycles. The Hall–Kier alpha value is -2.44. The van der Waals surface area contributed by atoms with Gasteiger partial charge in [0.2, 0.25) is 0 Å². The molecule has 2 amide bonds. The smallest absolute Gasteiger partial charge is 0.319 e. The summed E-state index contributed by atoms with van der Waals surface area (Å²) in [6.07, 6.45) is 0. The molecule has 1 aromatic heterocycles. The molecule has 0 aliphatic carbocycles. The molecule has 1 aromatic carbocycles. The summed E-state index contributed by atoms with van der Waals surface area (Å²) in [5.74, 6) is -1.35. The number of nitrogens with one attached hydrogen (secondary N) is 3. The summed E-state index contributed by atoms with van der Waals surface area (Å²) < 4.78 is 26.0. The molecular weight excluding hydrogens is 266 g/mol. The van der Waals surface area contributed by atoms with Crippen LogP contribution < -0.4 is 10.6 Å². The molecule has 7 heteroatoms. The fourth-order valence-electron chi connectivity index (χ4n) is 1.79. The third-order valence-corrected chi connectivity index (χ3v) is 2.74. The molecule has 0 radical (unpaired) electrons. The summed E-state index contributed by atoms with van der Waals surface area (Å²) in [7, 11) is 0. The van der Waals surface area contributed by atoms with E-state index in [-0.39, 0.29) is 6.54 Å². The Morgan fingerprint density at radius 3 is 2.45 bits per heavy atom. The second-order valence-corrected chi connectivity index (χ2v) is 4.39. The molecule has 5 nitrogen and oxygen atoms in total. The van der Waals surface area contributed by atoms with Gasteiger partial charge in [-0.15, -0.1) is 0 Å². The third kappa shape index (κ3) is 3.31. The molecule has 2 aromatic rings. The van der Waals surface area contributed by atoms with Crippen molar-refractivity contribution in [1.82, 2.24) is 15.5 Å². The molecule has 1 heterocycles. The van der Waals surface area contributed by atoms with Crippen molar-refractivity contribution in [2.75, 3.05) is 5.32 Å². The number of urea groups is 1. The van der Waals surface area contributed by atoms with Crippen molar-refractivity contribution in [3.8, 4) is 0 Å². The number of hydrogen-bond donors (Lipinski definition) is 3. The number of aryl methyl sites for hydroxylation is 2. The number of aromatic amines is 1. The number of anilines is 1. The lowest BCUT2D eigenvalue weighted by atomic mass is 10.2. The predicted molar refractivity (Wildman–Crippen MR) is 70.3 cm³/mol. The van der Waals surface area contributed by atoms with Crippen molar-refractivity contribution < 1.29 is 13.6 Å². The van der Waals surface area contributed by atoms with Crippen LogP contribution in [0.1, 0.15) is 17.0 Å². The number of amides is 2. The van der Waals surface area contributed by atoms with Crippen LogP contribution in [0.4, 0.5) is 19.3 Å². The maximum absolute atomic E-state index is 13.0. The molecule has 0 fully saturated rings. The molecule has 0 aliphatic heterocycles. The topological polar surface area (TPSA) is 69.8 Å². The minimum Gasteiger partial charge on any atom is -0.334 e. The van der Waals surface area contributed by atoms with E-state index in [0.717, 1.165) is 23.9 Å². The van der Waals surface area contributed by atoms with E-state index in [1.807, 2.05) is 0 Å². The summed E-state index contributed by atoms with van der Waals surface area (Å²) in [5, 5.41) is 11.8. The average Bonchev–Trinajstić information content (AvgIpc) is 2.67. The van der Waals surface area contributed by atoms with Crippen LogP contribution in [-0.4, -0.2) is 16.2 Å². The van der Waals surface area contributed by atoms with E-state index in [4.69, 9.17) is 0 Å². The molecule has 0 bridgehead atoms. The second kappa shape index (κ2) is 5.68. The van der Waals surface area contributed by atoms with Gasteiger partial charge in [-0.1, -0.05) is 0 Å². The molecule has 0 unspecified atom stereocenters. The van der Waals surface area contributed by atoms with E-state index in [2.05, 4.69) is 20.8 Å². The van der Waals surface area contributed by atoms with Crippen LogP contribution in [0, 0.1) is 25.5 Å². The van der Waals surface area contributed by atoms with Gasteiger partial charge in [-0.25, -0.2) is 13.6 Å². The Morgan fingerprint density at radius 2 is 1.90 bits per heavy atom. The normalized spacial score (nSPS) is 10.4. The first kappa shape index (κ1) is 14.0. The summed E-state index contributed by atoms with van der Waals surface area (Å²) in [4.78, 5) is 11.7. The fourth-order valence-corrected chi connectivity index (χ4v) is 1.79. The molecule has 3 N–H and O–H groups in total. The van der Waals surface area contributed by atoms with Crippen LogP contribution in [0.3, 0.4) is 0 Å². The number of aromatic nitrogens is 2. The monoisotopic (exact) mass is 280 g/mol. The highest BCUT2D eigenvalue weighted by Crippen LogP contribution is 2.15. The molecule has 0 spiro atoms. The van der Waals surface area contributed by atoms with Gasteiger partial charge in [-0.05, 0) is 31.5 Å². The summed E-state index contributed by atoms with van der Waals surface area (Å²) in [6.45, 7) is 3.55. The van der Waals surface area contributed by atoms with E-state index in [0.29, 0.717) is 16.9 Å². The van der Waals surface area contributed by atoms with Gasteiger partial charge >= 0.3 is 6.03 Å². The van der Waals surface area contributed by atoms with Gasteiger partial charge in [0.25, 0.3) is 0 Å². The van der Waals surface area contributed by atoms with Crippen LogP contribution >= 0.6 is 0 Å². The number of carbonyl (C=O) groups is 1. The summed E-state index contributed by atoms with van der Waals surface area (Å²) in [6, 6.07) is 2.64. The third-order valence-electron chi connectivity index (χ3n) is 2.74. The molecule has 0 aliphatic rings. The number of halogens is 2. The molecular formula is C13H14F2N4O. The van der Waals surface area contributed by atoms with Crippen LogP contribution in [0.5, 0.6) is 0 Å². The van der Waals surface area contributed by atoms with Gasteiger partial charge in [0.05, 0.1) is 17.1 Å². The van der Waals surface area contributed by atoms with Gasteiger partial charge in [-0.3, -0.25) is 5.10 Å². The number of rotatable bonds is 3. The number of benzene rings is 1. The van der Waals surface area contributed by atoms with Gasteiger partial charge in [-0.2, -0.15) is 5.10 Å². The van der Waals surface area contributed by atoms with Crippen LogP contribution in [-0.2, 0) is 6.54 Å². The first-order valence-electron chi connectivity index (χ1n) is 5.97. The molecule has 0 saturated carbocycles. The molecule has 0 atom stereocenters. The highest BCUT2D eigenvalue weighted by molar-refractivity contribution is 5.90. The van der Waals surface area contributed by atoms with Crippen LogP contribution in [0.15, 0.2) is 18.2 Å². The molecule has 2 rings (SSSR count). The van der Waals surface area contributed by atoms with Crippen molar-refractivity contribution in [2.24, 2.45) is 0 Å². The number of nitrogens with zero attached hydrogens (tertiary/aromatic N) is 1. The van der Waals surface area contributed by atoms with Crippen molar-refractivity contribution >= 4 is 11.7 Å². The molecule has 106 valence electrons. The lowest BCUT2D eigenvalue weighted by Crippen LogP contribution is -2.28. The Bertz CT molecular complexity index is 600. The zero-order valence-electron chi connectivity index (χ0n) is 11.1. The number of carbonyl (C=O) groups excluding carboxylic acids is 1. The SMILES string of the molecule is Cc1n[nH]c(C)c1NC(=O)NCc1cc(F)cc(F)c1. The van der Waals surface area contributed by atoms with Crippen LogP contribution in [0.25, 0.3) is 0 Å². The Kier molecular flexibility index (Phi) is 3.97. The van der Waals surface area contributed by atoms with Gasteiger partial charge < -0.3 is 10.6 Å². The van der Waals surface area contributed by atoms with E-state index in [1.165, 1.54) is 0 Å². The van der Waals surface area contributed by atoms with E-state index >= 15 is 0 Å². The zero-order valence-corrected chi connectivity index (χ0v) is 11.1. The first-order valence-corrected chi connectivity index (χ1v) is 5.97. The summed E-state index contributed by atoms with van der Waals surface area (Å²) >= 11 is 0. The Labute approximate surface area is 114 Å². The zero-order chi connectivity index (χ0) is 14.7. The van der Waals surface area contributed by atoms with Crippen LogP contribution in [0.2, 0.25) is 0 Å². The van der Waals surface area contributed by atoms with Crippen molar-refractivity contribution in [1.29, 1.82) is 0 Å². The fraction of sp³-hybridized carbons (Fsp3) is 0.231. The lowest BCUT2D eigenvalue weighted by Gasteiger charge is -2.08. The molecule has 20 heavy (non-hydrogen) atoms. The number of hydrogen-bond acceptors (Lipinski definition) is 2. The van der Waals surface area contributed by atoms with Gasteiger partial charge in [0.15, 0.2) is 0 Å². The highest BCUT2D eigenvalue weighted by atomic mass is 19.1. The van der Waals surface area contributed by atoms with Gasteiger partial charge in [0.1, 0.15) is 11.6 Å². The largest absolute Gasteiger partial charge is 0.334 e. The maximum atomic E-state index is 13.0. The number of H-pyrrole nitrogens is 1. The Balaban J connectivity index is 1.95. The minimum absolute atomic E-state index is 0.0243. The quantitative estimate of drug-likeness (QED) is 0.809. The van der Waals surface area contributed by atoms with E-state index in [1.54, 1.807) is 13.8 Å². The second-order valence-electron chi connectivity index (χ2n) is 4.39. The van der Waals surface area contributed by atoms with E-state index < -0.39 is 17.7 Å². The lowest BCUT2D eigenvalue weighted by molar-refractivity contribution is 0.251. The van der Waals surface area contributed by atoms with Gasteiger partial charge in [0, 0.05) is 12.6 Å². The summed E-state index contributed by atoms with van der Waals surface area (Å²) in [5.41, 5.74) is 2.33.